The summed E-state index contributed by atoms with van der Waals surface area (Å²) < 4.78 is 28.0. The van der Waals surface area contributed by atoms with E-state index in [0.717, 1.165) is 5.56 Å². The Hall–Kier alpha value is -3.62. The van der Waals surface area contributed by atoms with Gasteiger partial charge in [0.05, 0.1) is 19.9 Å². The molecule has 1 fully saturated rings. The summed E-state index contributed by atoms with van der Waals surface area (Å²) in [6, 6.07) is 12.9. The van der Waals surface area contributed by atoms with Gasteiger partial charge >= 0.3 is 12.2 Å². The molecule has 0 aliphatic carbocycles. The van der Waals surface area contributed by atoms with Gasteiger partial charge in [-0.15, -0.1) is 0 Å². The molecular weight excluding hydrogens is 452 g/mol. The normalized spacial score (nSPS) is 14.1. The second-order valence-electron chi connectivity index (χ2n) is 9.18. The van der Waals surface area contributed by atoms with E-state index in [-0.39, 0.29) is 18.8 Å². The van der Waals surface area contributed by atoms with Crippen LogP contribution in [0.2, 0.25) is 0 Å². The van der Waals surface area contributed by atoms with Gasteiger partial charge < -0.3 is 28.6 Å². The van der Waals surface area contributed by atoms with E-state index in [2.05, 4.69) is 5.32 Å². The van der Waals surface area contributed by atoms with Gasteiger partial charge in [0.15, 0.2) is 11.5 Å². The van der Waals surface area contributed by atoms with Crippen LogP contribution >= 0.6 is 0 Å². The van der Waals surface area contributed by atoms with Gasteiger partial charge in [-0.3, -0.25) is 5.32 Å². The Morgan fingerprint density at radius 1 is 1.00 bits per heavy atom. The maximum atomic E-state index is 12.4. The fraction of sp³-hybridized carbons (Fsp3) is 0.462. The SMILES string of the molecule is COc1cc(NC(=O)OC(C)(C)C)cc(OC)c1OC1CCN(C(=O)OCc2ccccc2)CC1. The molecule has 1 aliphatic heterocycles. The van der Waals surface area contributed by atoms with Crippen molar-refractivity contribution in [1.29, 1.82) is 0 Å². The molecule has 9 heteroatoms. The number of methoxy groups -OCH3 is 2. The Morgan fingerprint density at radius 2 is 1.60 bits per heavy atom. The Morgan fingerprint density at radius 3 is 2.14 bits per heavy atom. The second-order valence-corrected chi connectivity index (χ2v) is 9.18. The molecule has 2 aromatic rings. The lowest BCUT2D eigenvalue weighted by atomic mass is 10.1. The zero-order chi connectivity index (χ0) is 25.4. The standard InChI is InChI=1S/C26H34N2O7/c1-26(2,3)35-24(29)27-19-15-21(31-4)23(22(16-19)32-5)34-20-11-13-28(14-12-20)25(30)33-17-18-9-7-6-8-10-18/h6-10,15-16,20H,11-14,17H2,1-5H3,(H,27,29). The van der Waals surface area contributed by atoms with Crippen LogP contribution in [-0.2, 0) is 16.1 Å². The molecule has 0 saturated carbocycles. The summed E-state index contributed by atoms with van der Waals surface area (Å²) in [5, 5.41) is 2.69. The summed E-state index contributed by atoms with van der Waals surface area (Å²) in [6.45, 7) is 6.65. The molecule has 0 spiro atoms. The lowest BCUT2D eigenvalue weighted by Crippen LogP contribution is -2.42. The third-order valence-electron chi connectivity index (χ3n) is 5.30. The maximum absolute atomic E-state index is 12.4. The maximum Gasteiger partial charge on any atom is 0.412 e. The first-order valence-electron chi connectivity index (χ1n) is 11.6. The van der Waals surface area contributed by atoms with Gasteiger partial charge in [0.25, 0.3) is 0 Å². The van der Waals surface area contributed by atoms with E-state index in [4.69, 9.17) is 23.7 Å². The highest BCUT2D eigenvalue weighted by atomic mass is 16.6. The van der Waals surface area contributed by atoms with Crippen LogP contribution < -0.4 is 19.5 Å². The van der Waals surface area contributed by atoms with Crippen LogP contribution in [0.15, 0.2) is 42.5 Å². The molecule has 2 aromatic carbocycles. The van der Waals surface area contributed by atoms with Crippen molar-refractivity contribution in [2.24, 2.45) is 0 Å². The Balaban J connectivity index is 1.58. The molecular formula is C26H34N2O7. The van der Waals surface area contributed by atoms with Crippen LogP contribution in [0.4, 0.5) is 15.3 Å². The number of benzene rings is 2. The number of anilines is 1. The first-order chi connectivity index (χ1) is 16.7. The van der Waals surface area contributed by atoms with E-state index in [9.17, 15) is 9.59 Å². The minimum Gasteiger partial charge on any atom is -0.493 e. The molecule has 3 rings (SSSR count). The van der Waals surface area contributed by atoms with Crippen LogP contribution in [-0.4, -0.2) is 56.1 Å². The highest BCUT2D eigenvalue weighted by Gasteiger charge is 2.27. The number of nitrogens with zero attached hydrogens (tertiary/aromatic N) is 1. The lowest BCUT2D eigenvalue weighted by Gasteiger charge is -2.32. The van der Waals surface area contributed by atoms with E-state index in [0.29, 0.717) is 48.9 Å². The molecule has 1 N–H and O–H groups in total. The van der Waals surface area contributed by atoms with Crippen molar-refractivity contribution >= 4 is 17.9 Å². The highest BCUT2D eigenvalue weighted by Crippen LogP contribution is 2.41. The van der Waals surface area contributed by atoms with E-state index in [1.807, 2.05) is 30.3 Å². The average molecular weight is 487 g/mol. The van der Waals surface area contributed by atoms with Crippen molar-refractivity contribution in [1.82, 2.24) is 4.90 Å². The predicted octanol–water partition coefficient (Wildman–Crippen LogP) is 5.23. The van der Waals surface area contributed by atoms with Crippen molar-refractivity contribution in [3.63, 3.8) is 0 Å². The lowest BCUT2D eigenvalue weighted by molar-refractivity contribution is 0.0614. The first kappa shape index (κ1) is 26.0. The van der Waals surface area contributed by atoms with Crippen LogP contribution in [0.5, 0.6) is 17.2 Å². The zero-order valence-corrected chi connectivity index (χ0v) is 21.0. The molecule has 0 bridgehead atoms. The van der Waals surface area contributed by atoms with Crippen molar-refractivity contribution in [2.45, 2.75) is 51.9 Å². The molecule has 9 nitrogen and oxygen atoms in total. The van der Waals surface area contributed by atoms with Crippen molar-refractivity contribution in [3.8, 4) is 17.2 Å². The second kappa shape index (κ2) is 11.7. The third kappa shape index (κ3) is 7.70. The third-order valence-corrected chi connectivity index (χ3v) is 5.30. The van der Waals surface area contributed by atoms with E-state index < -0.39 is 11.7 Å². The van der Waals surface area contributed by atoms with Gasteiger partial charge in [0, 0.05) is 38.1 Å². The molecule has 190 valence electrons. The Bertz CT molecular complexity index is 972. The molecule has 0 aromatic heterocycles. The minimum atomic E-state index is -0.621. The molecule has 0 atom stereocenters. The van der Waals surface area contributed by atoms with E-state index >= 15 is 0 Å². The molecule has 0 radical (unpaired) electrons. The number of piperidine rings is 1. The van der Waals surface area contributed by atoms with Gasteiger partial charge in [-0.05, 0) is 26.3 Å². The number of carbonyl (C=O) groups is 2. The molecule has 35 heavy (non-hydrogen) atoms. The van der Waals surface area contributed by atoms with Gasteiger partial charge in [-0.2, -0.15) is 0 Å². The molecule has 1 heterocycles. The van der Waals surface area contributed by atoms with Crippen molar-refractivity contribution in [2.75, 3.05) is 32.6 Å². The van der Waals surface area contributed by atoms with Crippen molar-refractivity contribution < 1.29 is 33.3 Å². The number of ether oxygens (including phenoxy) is 5. The number of rotatable bonds is 7. The van der Waals surface area contributed by atoms with E-state index in [1.54, 1.807) is 37.8 Å². The average Bonchev–Trinajstić information content (AvgIpc) is 2.83. The van der Waals surface area contributed by atoms with E-state index in [1.165, 1.54) is 14.2 Å². The number of hydrogen-bond acceptors (Lipinski definition) is 7. The van der Waals surface area contributed by atoms with Crippen LogP contribution in [0.1, 0.15) is 39.2 Å². The predicted molar refractivity (Wildman–Crippen MR) is 131 cm³/mol. The number of nitrogens with one attached hydrogen (secondary N) is 1. The monoisotopic (exact) mass is 486 g/mol. The summed E-state index contributed by atoms with van der Waals surface area (Å²) in [6.07, 6.45) is 0.206. The summed E-state index contributed by atoms with van der Waals surface area (Å²) >= 11 is 0. The van der Waals surface area contributed by atoms with Crippen LogP contribution in [0.3, 0.4) is 0 Å². The Kier molecular flexibility index (Phi) is 8.68. The van der Waals surface area contributed by atoms with Gasteiger partial charge in [0.2, 0.25) is 5.75 Å². The number of hydrogen-bond donors (Lipinski definition) is 1. The molecule has 1 saturated heterocycles. The fourth-order valence-corrected chi connectivity index (χ4v) is 3.62. The number of likely N-dealkylation sites (tertiary alicyclic amines) is 1. The Labute approximate surface area is 206 Å². The van der Waals surface area contributed by atoms with Gasteiger partial charge in [-0.1, -0.05) is 30.3 Å². The van der Waals surface area contributed by atoms with Crippen LogP contribution in [0, 0.1) is 0 Å². The summed E-state index contributed by atoms with van der Waals surface area (Å²) in [5.41, 5.74) is 0.781. The topological polar surface area (TPSA) is 95.6 Å². The molecule has 0 unspecified atom stereocenters. The van der Waals surface area contributed by atoms with Gasteiger partial charge in [-0.25, -0.2) is 9.59 Å². The highest BCUT2D eigenvalue weighted by molar-refractivity contribution is 5.86. The largest absolute Gasteiger partial charge is 0.493 e. The fourth-order valence-electron chi connectivity index (χ4n) is 3.62. The van der Waals surface area contributed by atoms with Crippen LogP contribution in [0.25, 0.3) is 0 Å². The number of amides is 2. The van der Waals surface area contributed by atoms with Gasteiger partial charge in [0.1, 0.15) is 18.3 Å². The molecule has 1 aliphatic rings. The molecule has 2 amide bonds. The summed E-state index contributed by atoms with van der Waals surface area (Å²) in [7, 11) is 3.04. The zero-order valence-electron chi connectivity index (χ0n) is 21.0. The quantitative estimate of drug-likeness (QED) is 0.572. The minimum absolute atomic E-state index is 0.138. The summed E-state index contributed by atoms with van der Waals surface area (Å²) in [5.74, 6) is 1.27. The van der Waals surface area contributed by atoms with Crippen molar-refractivity contribution in [3.05, 3.63) is 48.0 Å². The first-order valence-corrected chi connectivity index (χ1v) is 11.6. The smallest absolute Gasteiger partial charge is 0.412 e. The summed E-state index contributed by atoms with van der Waals surface area (Å²) in [4.78, 5) is 26.3. The number of carbonyl (C=O) groups excluding carboxylic acids is 2.